The van der Waals surface area contributed by atoms with Gasteiger partial charge in [0.25, 0.3) is 0 Å². The van der Waals surface area contributed by atoms with Gasteiger partial charge in [-0.3, -0.25) is 10.1 Å². The van der Waals surface area contributed by atoms with Crippen molar-refractivity contribution >= 4 is 29.1 Å². The van der Waals surface area contributed by atoms with Crippen LogP contribution in [0.5, 0.6) is 0 Å². The molecule has 3 N–H and O–H groups in total. The average Bonchev–Trinajstić information content (AvgIpc) is 2.25. The molecule has 0 spiro atoms. The zero-order chi connectivity index (χ0) is 12.8. The maximum absolute atomic E-state index is 11.4. The predicted octanol–water partition coefficient (Wildman–Crippen LogP) is 1.76. The van der Waals surface area contributed by atoms with Gasteiger partial charge in [-0.05, 0) is 17.7 Å². The molecule has 0 heterocycles. The first-order valence-electron chi connectivity index (χ1n) is 5.03. The highest BCUT2D eigenvalue weighted by Crippen LogP contribution is 2.26. The molecule has 0 aliphatic carbocycles. The summed E-state index contributed by atoms with van der Waals surface area (Å²) in [6.45, 7) is 0.984. The third-order valence-electron chi connectivity index (χ3n) is 2.21. The minimum atomic E-state index is -0.644. The molecule has 6 heteroatoms. The molecular weight excluding hydrogens is 263 g/mol. The molecule has 0 aromatic heterocycles. The number of nitrogens with two attached hydrogens (primary N) is 1. The molecule has 1 aromatic carbocycles. The van der Waals surface area contributed by atoms with Crippen LogP contribution in [-0.4, -0.2) is 26.2 Å². The molecule has 1 unspecified atom stereocenters. The molecule has 94 valence electrons. The third kappa shape index (κ3) is 4.16. The fourth-order valence-electron chi connectivity index (χ4n) is 1.40. The summed E-state index contributed by atoms with van der Waals surface area (Å²) in [6, 6.07) is 4.28. The Morgan fingerprint density at radius 3 is 2.76 bits per heavy atom. The Morgan fingerprint density at radius 2 is 2.24 bits per heavy atom. The summed E-state index contributed by atoms with van der Waals surface area (Å²) in [6.07, 6.45) is 0. The highest BCUT2D eigenvalue weighted by atomic mass is 35.5. The molecule has 0 saturated carbocycles. The lowest BCUT2D eigenvalue weighted by atomic mass is 10.1. The van der Waals surface area contributed by atoms with Crippen molar-refractivity contribution in [1.29, 1.82) is 0 Å². The molecule has 0 aliphatic rings. The molecular formula is C11H14Cl2N2O2. The van der Waals surface area contributed by atoms with Crippen molar-refractivity contribution in [2.75, 3.05) is 20.3 Å². The van der Waals surface area contributed by atoms with Gasteiger partial charge in [0.15, 0.2) is 0 Å². The Hall–Kier alpha value is -0.810. The average molecular weight is 277 g/mol. The van der Waals surface area contributed by atoms with Crippen molar-refractivity contribution in [2.45, 2.75) is 6.04 Å². The monoisotopic (exact) mass is 276 g/mol. The van der Waals surface area contributed by atoms with E-state index in [2.05, 4.69) is 5.32 Å². The van der Waals surface area contributed by atoms with Gasteiger partial charge in [0, 0.05) is 23.7 Å². The van der Waals surface area contributed by atoms with Crippen molar-refractivity contribution in [3.05, 3.63) is 33.8 Å². The van der Waals surface area contributed by atoms with Gasteiger partial charge in [-0.1, -0.05) is 29.3 Å². The van der Waals surface area contributed by atoms with Crippen LogP contribution >= 0.6 is 23.2 Å². The van der Waals surface area contributed by atoms with E-state index in [4.69, 9.17) is 33.7 Å². The zero-order valence-corrected chi connectivity index (χ0v) is 10.9. The highest BCUT2D eigenvalue weighted by Gasteiger charge is 2.19. The van der Waals surface area contributed by atoms with E-state index in [0.717, 1.165) is 0 Å². The van der Waals surface area contributed by atoms with Crippen LogP contribution < -0.4 is 11.1 Å². The number of rotatable bonds is 6. The molecule has 17 heavy (non-hydrogen) atoms. The number of ether oxygens (including phenoxy) is 1. The topological polar surface area (TPSA) is 64.3 Å². The second-order valence-electron chi connectivity index (χ2n) is 3.45. The third-order valence-corrected chi connectivity index (χ3v) is 2.78. The molecule has 1 atom stereocenters. The Bertz CT molecular complexity index is 399. The smallest absolute Gasteiger partial charge is 0.239 e. The first-order chi connectivity index (χ1) is 8.06. The fraction of sp³-hybridized carbons (Fsp3) is 0.364. The van der Waals surface area contributed by atoms with E-state index in [1.807, 2.05) is 0 Å². The molecule has 0 radical (unpaired) electrons. The normalized spacial score (nSPS) is 12.4. The van der Waals surface area contributed by atoms with Crippen LogP contribution in [0.15, 0.2) is 18.2 Å². The maximum atomic E-state index is 11.4. The summed E-state index contributed by atoms with van der Waals surface area (Å²) in [5.74, 6) is -0.495. The summed E-state index contributed by atoms with van der Waals surface area (Å²) in [7, 11) is 1.58. The Morgan fingerprint density at radius 1 is 1.53 bits per heavy atom. The number of primary amides is 1. The van der Waals surface area contributed by atoms with E-state index in [-0.39, 0.29) is 0 Å². The Balaban J connectivity index is 2.86. The van der Waals surface area contributed by atoms with Gasteiger partial charge in [0.05, 0.1) is 6.61 Å². The number of carbonyl (C=O) groups excluding carboxylic acids is 1. The van der Waals surface area contributed by atoms with Crippen molar-refractivity contribution in [2.24, 2.45) is 5.73 Å². The molecule has 4 nitrogen and oxygen atoms in total. The number of carbonyl (C=O) groups is 1. The first kappa shape index (κ1) is 14.3. The number of benzene rings is 1. The van der Waals surface area contributed by atoms with Crippen LogP contribution in [0, 0.1) is 0 Å². The van der Waals surface area contributed by atoms with E-state index in [1.165, 1.54) is 0 Å². The van der Waals surface area contributed by atoms with E-state index in [9.17, 15) is 4.79 Å². The Kier molecular flexibility index (Phi) is 5.71. The Labute approximate surface area is 110 Å². The summed E-state index contributed by atoms with van der Waals surface area (Å²) >= 11 is 11.8. The van der Waals surface area contributed by atoms with Crippen molar-refractivity contribution in [3.63, 3.8) is 0 Å². The van der Waals surface area contributed by atoms with E-state index >= 15 is 0 Å². The van der Waals surface area contributed by atoms with Gasteiger partial charge in [-0.2, -0.15) is 0 Å². The van der Waals surface area contributed by atoms with E-state index < -0.39 is 11.9 Å². The number of amides is 1. The number of halogens is 2. The summed E-state index contributed by atoms with van der Waals surface area (Å²) in [5.41, 5.74) is 5.93. The second kappa shape index (κ2) is 6.81. The van der Waals surface area contributed by atoms with Gasteiger partial charge < -0.3 is 10.5 Å². The lowest BCUT2D eigenvalue weighted by Crippen LogP contribution is -2.35. The number of hydrogen-bond acceptors (Lipinski definition) is 3. The summed E-state index contributed by atoms with van der Waals surface area (Å²) in [5, 5.41) is 3.89. The van der Waals surface area contributed by atoms with Crippen LogP contribution in [-0.2, 0) is 9.53 Å². The SMILES string of the molecule is COCCNC(C(N)=O)c1ccc(Cl)cc1Cl. The maximum Gasteiger partial charge on any atom is 0.239 e. The van der Waals surface area contributed by atoms with Crippen LogP contribution in [0.2, 0.25) is 10.0 Å². The minimum Gasteiger partial charge on any atom is -0.383 e. The second-order valence-corrected chi connectivity index (χ2v) is 4.29. The molecule has 0 fully saturated rings. The largest absolute Gasteiger partial charge is 0.383 e. The zero-order valence-electron chi connectivity index (χ0n) is 9.37. The molecule has 1 amide bonds. The lowest BCUT2D eigenvalue weighted by molar-refractivity contribution is -0.120. The van der Waals surface area contributed by atoms with Gasteiger partial charge in [0.1, 0.15) is 6.04 Å². The molecule has 0 aliphatic heterocycles. The predicted molar refractivity (Wildman–Crippen MR) is 68.3 cm³/mol. The number of nitrogens with one attached hydrogen (secondary N) is 1. The van der Waals surface area contributed by atoms with E-state index in [1.54, 1.807) is 25.3 Å². The minimum absolute atomic E-state index is 0.409. The van der Waals surface area contributed by atoms with Crippen LogP contribution in [0.4, 0.5) is 0 Å². The van der Waals surface area contributed by atoms with Gasteiger partial charge in [0.2, 0.25) is 5.91 Å². The molecule has 1 aromatic rings. The van der Waals surface area contributed by atoms with Gasteiger partial charge >= 0.3 is 0 Å². The van der Waals surface area contributed by atoms with Gasteiger partial charge in [-0.15, -0.1) is 0 Å². The van der Waals surface area contributed by atoms with Crippen LogP contribution in [0.3, 0.4) is 0 Å². The quantitative estimate of drug-likeness (QED) is 0.779. The van der Waals surface area contributed by atoms with Crippen LogP contribution in [0.25, 0.3) is 0 Å². The first-order valence-corrected chi connectivity index (χ1v) is 5.78. The number of hydrogen-bond donors (Lipinski definition) is 2. The summed E-state index contributed by atoms with van der Waals surface area (Å²) < 4.78 is 4.89. The number of methoxy groups -OCH3 is 1. The molecule has 0 saturated heterocycles. The van der Waals surface area contributed by atoms with Crippen molar-refractivity contribution in [1.82, 2.24) is 5.32 Å². The van der Waals surface area contributed by atoms with Crippen molar-refractivity contribution in [3.8, 4) is 0 Å². The van der Waals surface area contributed by atoms with Crippen LogP contribution in [0.1, 0.15) is 11.6 Å². The van der Waals surface area contributed by atoms with E-state index in [0.29, 0.717) is 28.8 Å². The van der Waals surface area contributed by atoms with Crippen molar-refractivity contribution < 1.29 is 9.53 Å². The summed E-state index contributed by atoms with van der Waals surface area (Å²) in [4.78, 5) is 11.4. The molecule has 1 rings (SSSR count). The standard InChI is InChI=1S/C11H14Cl2N2O2/c1-17-5-4-15-10(11(14)16)8-3-2-7(12)6-9(8)13/h2-3,6,10,15H,4-5H2,1H3,(H2,14,16). The highest BCUT2D eigenvalue weighted by molar-refractivity contribution is 6.35. The molecule has 0 bridgehead atoms. The van der Waals surface area contributed by atoms with Gasteiger partial charge in [-0.25, -0.2) is 0 Å². The fourth-order valence-corrected chi connectivity index (χ4v) is 1.92. The lowest BCUT2D eigenvalue weighted by Gasteiger charge is -2.17.